The Morgan fingerprint density at radius 2 is 1.81 bits per heavy atom. The summed E-state index contributed by atoms with van der Waals surface area (Å²) >= 11 is 0. The fraction of sp³-hybridized carbons (Fsp3) is 0.316. The lowest BCUT2D eigenvalue weighted by Gasteiger charge is -2.34. The van der Waals surface area contributed by atoms with Crippen LogP contribution in [0.3, 0.4) is 0 Å². The molecule has 0 bridgehead atoms. The van der Waals surface area contributed by atoms with Gasteiger partial charge in [0.25, 0.3) is 9.05 Å². The number of carbonyl (C=O) groups is 1. The van der Waals surface area contributed by atoms with E-state index >= 15 is 4.39 Å². The Hall–Kier alpha value is -1.99. The lowest BCUT2D eigenvalue weighted by atomic mass is 9.87. The van der Waals surface area contributed by atoms with Crippen molar-refractivity contribution in [1.82, 2.24) is 0 Å². The predicted octanol–water partition coefficient (Wildman–Crippen LogP) is 4.49. The number of rotatable bonds is 4. The normalized spacial score (nSPS) is 17.1. The fourth-order valence-electron chi connectivity index (χ4n) is 3.47. The van der Waals surface area contributed by atoms with E-state index < -0.39 is 20.7 Å². The third kappa shape index (κ3) is 3.46. The molecule has 1 aliphatic rings. The zero-order valence-electron chi connectivity index (χ0n) is 14.8. The summed E-state index contributed by atoms with van der Waals surface area (Å²) in [5.74, 6) is -2.05. The first-order chi connectivity index (χ1) is 12.7. The molecule has 3 rings (SSSR count). The van der Waals surface area contributed by atoms with E-state index in [1.165, 1.54) is 35.2 Å². The molecule has 27 heavy (non-hydrogen) atoms. The number of amides is 1. The Kier molecular flexibility index (Phi) is 5.27. The van der Waals surface area contributed by atoms with Gasteiger partial charge in [-0.1, -0.05) is 19.1 Å². The van der Waals surface area contributed by atoms with Gasteiger partial charge < -0.3 is 4.90 Å². The van der Waals surface area contributed by atoms with E-state index in [1.807, 2.05) is 6.92 Å². The van der Waals surface area contributed by atoms with Crippen molar-refractivity contribution in [3.8, 4) is 11.1 Å². The summed E-state index contributed by atoms with van der Waals surface area (Å²) in [4.78, 5) is 13.8. The van der Waals surface area contributed by atoms with Crippen LogP contribution >= 0.6 is 10.7 Å². The largest absolute Gasteiger partial charge is 0.309 e. The van der Waals surface area contributed by atoms with Crippen LogP contribution in [0.5, 0.6) is 0 Å². The van der Waals surface area contributed by atoms with E-state index in [4.69, 9.17) is 10.7 Å². The summed E-state index contributed by atoms with van der Waals surface area (Å²) in [6.45, 7) is 3.88. The summed E-state index contributed by atoms with van der Waals surface area (Å²) in [5.41, 5.74) is 0.422. The van der Waals surface area contributed by atoms with Crippen LogP contribution in [0.25, 0.3) is 11.1 Å². The number of carbonyl (C=O) groups excluding carboxylic acids is 1. The maximum atomic E-state index is 15.3. The molecule has 1 aliphatic heterocycles. The average molecular weight is 414 g/mol. The molecule has 0 saturated heterocycles. The van der Waals surface area contributed by atoms with Crippen LogP contribution in [0, 0.1) is 17.6 Å². The third-order valence-corrected chi connectivity index (χ3v) is 6.23. The summed E-state index contributed by atoms with van der Waals surface area (Å²) < 4.78 is 52.7. The summed E-state index contributed by atoms with van der Waals surface area (Å²) in [7, 11) is 1.34. The Morgan fingerprint density at radius 1 is 1.19 bits per heavy atom. The molecule has 0 aromatic heterocycles. The predicted molar refractivity (Wildman–Crippen MR) is 100 cm³/mol. The number of nitrogens with zero attached hydrogens (tertiary/aromatic N) is 1. The zero-order valence-corrected chi connectivity index (χ0v) is 16.4. The topological polar surface area (TPSA) is 54.5 Å². The van der Waals surface area contributed by atoms with Gasteiger partial charge in [-0.3, -0.25) is 4.79 Å². The maximum Gasteiger partial charge on any atom is 0.261 e. The lowest BCUT2D eigenvalue weighted by molar-refractivity contribution is -0.122. The Morgan fingerprint density at radius 3 is 2.33 bits per heavy atom. The van der Waals surface area contributed by atoms with Gasteiger partial charge in [-0.25, -0.2) is 17.2 Å². The van der Waals surface area contributed by atoms with Crippen LogP contribution in [-0.4, -0.2) is 20.9 Å². The molecule has 1 amide bonds. The maximum absolute atomic E-state index is 15.3. The van der Waals surface area contributed by atoms with Crippen LogP contribution in [0.2, 0.25) is 0 Å². The van der Waals surface area contributed by atoms with Crippen molar-refractivity contribution >= 4 is 31.3 Å². The van der Waals surface area contributed by atoms with E-state index in [2.05, 4.69) is 0 Å². The van der Waals surface area contributed by atoms with Gasteiger partial charge in [0.05, 0.1) is 16.1 Å². The van der Waals surface area contributed by atoms with E-state index in [1.54, 1.807) is 6.92 Å². The second-order valence-electron chi connectivity index (χ2n) is 6.41. The van der Waals surface area contributed by atoms with Crippen molar-refractivity contribution in [2.24, 2.45) is 5.92 Å². The van der Waals surface area contributed by atoms with E-state index in [9.17, 15) is 17.6 Å². The van der Waals surface area contributed by atoms with Gasteiger partial charge in [0.2, 0.25) is 5.91 Å². The van der Waals surface area contributed by atoms with Gasteiger partial charge in [0.15, 0.2) is 5.82 Å². The third-order valence-electron chi connectivity index (χ3n) is 4.86. The van der Waals surface area contributed by atoms with Gasteiger partial charge in [0, 0.05) is 23.1 Å². The van der Waals surface area contributed by atoms with Gasteiger partial charge in [-0.05, 0) is 49.1 Å². The Balaban J connectivity index is 2.17. The first-order valence-corrected chi connectivity index (χ1v) is 10.9. The highest BCUT2D eigenvalue weighted by atomic mass is 35.7. The average Bonchev–Trinajstić information content (AvgIpc) is 2.61. The highest BCUT2D eigenvalue weighted by Crippen LogP contribution is 2.40. The van der Waals surface area contributed by atoms with Crippen molar-refractivity contribution in [2.75, 3.05) is 11.4 Å². The quantitative estimate of drug-likeness (QED) is 0.694. The molecule has 8 heteroatoms. The van der Waals surface area contributed by atoms with Gasteiger partial charge in [-0.2, -0.15) is 0 Å². The van der Waals surface area contributed by atoms with Crippen molar-refractivity contribution in [1.29, 1.82) is 0 Å². The molecule has 0 fully saturated rings. The van der Waals surface area contributed by atoms with E-state index in [0.717, 1.165) is 0 Å². The first-order valence-electron chi connectivity index (χ1n) is 8.56. The molecular weight excluding hydrogens is 396 g/mol. The van der Waals surface area contributed by atoms with Gasteiger partial charge >= 0.3 is 0 Å². The molecule has 2 aromatic carbocycles. The fourth-order valence-corrected chi connectivity index (χ4v) is 4.24. The minimum Gasteiger partial charge on any atom is -0.309 e. The number of anilines is 1. The number of benzene rings is 2. The van der Waals surface area contributed by atoms with Crippen LogP contribution in [-0.2, 0) is 20.3 Å². The summed E-state index contributed by atoms with van der Waals surface area (Å²) in [6.07, 6.45) is 0.882. The summed E-state index contributed by atoms with van der Waals surface area (Å²) in [6, 6.07) is 6.22. The number of fused-ring (bicyclic) bond motifs is 1. The van der Waals surface area contributed by atoms with Crippen LogP contribution in [0.4, 0.5) is 14.5 Å². The molecule has 1 heterocycles. The minimum atomic E-state index is -3.93. The lowest BCUT2D eigenvalue weighted by Crippen LogP contribution is -2.41. The zero-order chi connectivity index (χ0) is 19.9. The number of halogens is 3. The molecule has 2 aromatic rings. The molecule has 0 radical (unpaired) electrons. The van der Waals surface area contributed by atoms with Crippen molar-refractivity contribution in [3.05, 3.63) is 47.5 Å². The van der Waals surface area contributed by atoms with E-state index in [-0.39, 0.29) is 40.1 Å². The van der Waals surface area contributed by atoms with Crippen molar-refractivity contribution in [2.45, 2.75) is 31.6 Å². The molecule has 4 nitrogen and oxygen atoms in total. The van der Waals surface area contributed by atoms with Crippen LogP contribution in [0.15, 0.2) is 35.2 Å². The van der Waals surface area contributed by atoms with E-state index in [0.29, 0.717) is 18.4 Å². The monoisotopic (exact) mass is 413 g/mol. The molecule has 0 aliphatic carbocycles. The van der Waals surface area contributed by atoms with Crippen molar-refractivity contribution < 1.29 is 22.0 Å². The summed E-state index contributed by atoms with van der Waals surface area (Å²) in [5, 5.41) is 0. The molecule has 0 spiro atoms. The standard InChI is InChI=1S/C19H18ClF2NO3S/c1-3-11-9-13-10-15(21)16(17(22)18(13)23(4-2)19(11)24)12-5-7-14(8-6-12)27(20,25)26/h5-8,10-11H,3-4,9H2,1-2H3. The Bertz CT molecular complexity index is 1010. The van der Waals surface area contributed by atoms with Crippen LogP contribution in [0.1, 0.15) is 25.8 Å². The van der Waals surface area contributed by atoms with Crippen molar-refractivity contribution in [3.63, 3.8) is 0 Å². The number of hydrogen-bond donors (Lipinski definition) is 0. The molecule has 0 saturated carbocycles. The molecule has 1 atom stereocenters. The molecule has 0 N–H and O–H groups in total. The van der Waals surface area contributed by atoms with Gasteiger partial charge in [-0.15, -0.1) is 0 Å². The smallest absolute Gasteiger partial charge is 0.261 e. The minimum absolute atomic E-state index is 0.0950. The molecular formula is C19H18ClF2NO3S. The second kappa shape index (κ2) is 7.20. The molecule has 1 unspecified atom stereocenters. The SMILES string of the molecule is CCC1Cc2cc(F)c(-c3ccc(S(=O)(=O)Cl)cc3)c(F)c2N(CC)C1=O. The van der Waals surface area contributed by atoms with Crippen LogP contribution < -0.4 is 4.90 Å². The first kappa shape index (κ1) is 19.8. The highest BCUT2D eigenvalue weighted by molar-refractivity contribution is 8.13. The molecule has 144 valence electrons. The van der Waals surface area contributed by atoms with Gasteiger partial charge in [0.1, 0.15) is 5.82 Å². The Labute approximate surface area is 161 Å². The highest BCUT2D eigenvalue weighted by Gasteiger charge is 2.35. The second-order valence-corrected chi connectivity index (χ2v) is 8.98. The number of hydrogen-bond acceptors (Lipinski definition) is 3.